The molecule has 0 radical (unpaired) electrons. The molecule has 226 valence electrons. The lowest BCUT2D eigenvalue weighted by molar-refractivity contribution is -0.182. The van der Waals surface area contributed by atoms with Crippen LogP contribution in [0.25, 0.3) is 0 Å². The molecule has 0 unspecified atom stereocenters. The van der Waals surface area contributed by atoms with Crippen molar-refractivity contribution < 1.29 is 33.7 Å². The molecule has 0 saturated heterocycles. The summed E-state index contributed by atoms with van der Waals surface area (Å²) in [6.07, 6.45) is 9.08. The molecule has 7 heteroatoms. The topological polar surface area (TPSA) is 99.1 Å². The third kappa shape index (κ3) is 6.00. The number of hydrogen-bond acceptors (Lipinski definition) is 7. The van der Waals surface area contributed by atoms with Crippen molar-refractivity contribution >= 4 is 17.9 Å². The van der Waals surface area contributed by atoms with Gasteiger partial charge >= 0.3 is 17.9 Å². The minimum absolute atomic E-state index is 0.0607. The second-order valence-electron chi connectivity index (χ2n) is 14.1. The largest absolute Gasteiger partial charge is 0.465 e. The maximum absolute atomic E-state index is 12.5. The molecule has 0 aromatic rings. The normalized spacial score (nSPS) is 39.3. The van der Waals surface area contributed by atoms with E-state index in [9.17, 15) is 19.5 Å². The zero-order valence-corrected chi connectivity index (χ0v) is 25.7. The lowest BCUT2D eigenvalue weighted by Gasteiger charge is -2.60. The molecule has 0 spiro atoms. The molecule has 0 heterocycles. The van der Waals surface area contributed by atoms with Crippen LogP contribution in [0.15, 0.2) is 11.6 Å². The van der Waals surface area contributed by atoms with E-state index < -0.39 is 6.10 Å². The van der Waals surface area contributed by atoms with Crippen LogP contribution in [-0.4, -0.2) is 47.9 Å². The van der Waals surface area contributed by atoms with Gasteiger partial charge in [-0.2, -0.15) is 0 Å². The number of aliphatic hydroxyl groups is 1. The SMILES string of the molecule is CC(=O)OC[C@]12CC[C@H]3[C@H]([C@@H]1[C@H](OC(C)=O)C[C@@H]2[C@H](C)CCCC(C)C)[C@@H](OC(C)=O)C=C1C[C@H](O)CC[C@@]13C. The molecule has 0 aromatic heterocycles. The number of aliphatic hydroxyl groups excluding tert-OH is 1. The van der Waals surface area contributed by atoms with Crippen molar-refractivity contribution in [3.8, 4) is 0 Å². The van der Waals surface area contributed by atoms with Crippen molar-refractivity contribution in [1.82, 2.24) is 0 Å². The highest BCUT2D eigenvalue weighted by Crippen LogP contribution is 2.68. The summed E-state index contributed by atoms with van der Waals surface area (Å²) in [4.78, 5) is 37.1. The molecule has 4 aliphatic carbocycles. The first-order valence-corrected chi connectivity index (χ1v) is 15.7. The van der Waals surface area contributed by atoms with Gasteiger partial charge in [0.25, 0.3) is 0 Å². The standard InChI is InChI=1S/C33H52O7/c1-19(2)9-8-10-20(3)27-17-29(40-23(6)36)31-30-26(12-14-33(27,31)18-38-21(4)34)32(7)13-11-25(37)15-24(32)16-28(30)39-22(5)35/h16,19-20,25-31,37H,8-15,17-18H2,1-7H3/t20-,25-,26+,27-,28+,29-,30+,31+,32+,33+/m1/s1. The summed E-state index contributed by atoms with van der Waals surface area (Å²) in [5.74, 6) is 0.357. The zero-order valence-electron chi connectivity index (χ0n) is 25.7. The van der Waals surface area contributed by atoms with E-state index in [0.717, 1.165) is 44.9 Å². The summed E-state index contributed by atoms with van der Waals surface area (Å²) in [7, 11) is 0. The highest BCUT2D eigenvalue weighted by atomic mass is 16.6. The molecule has 4 aliphatic rings. The van der Waals surface area contributed by atoms with Gasteiger partial charge in [0.15, 0.2) is 0 Å². The highest BCUT2D eigenvalue weighted by molar-refractivity contribution is 5.67. The van der Waals surface area contributed by atoms with Crippen molar-refractivity contribution in [2.45, 2.75) is 125 Å². The molecular formula is C33H52O7. The van der Waals surface area contributed by atoms with Gasteiger partial charge in [0.2, 0.25) is 0 Å². The predicted octanol–water partition coefficient (Wildman–Crippen LogP) is 6.02. The van der Waals surface area contributed by atoms with Crippen molar-refractivity contribution in [3.05, 3.63) is 11.6 Å². The van der Waals surface area contributed by atoms with Crippen LogP contribution >= 0.6 is 0 Å². The third-order valence-electron chi connectivity index (χ3n) is 11.1. The number of fused-ring (bicyclic) bond motifs is 5. The number of carbonyl (C=O) groups is 3. The lowest BCUT2D eigenvalue weighted by Crippen LogP contribution is -2.59. The fourth-order valence-corrected chi connectivity index (χ4v) is 9.48. The quantitative estimate of drug-likeness (QED) is 0.209. The average Bonchev–Trinajstić information content (AvgIpc) is 3.17. The van der Waals surface area contributed by atoms with Gasteiger partial charge < -0.3 is 19.3 Å². The molecular weight excluding hydrogens is 508 g/mol. The monoisotopic (exact) mass is 560 g/mol. The van der Waals surface area contributed by atoms with Crippen LogP contribution < -0.4 is 0 Å². The van der Waals surface area contributed by atoms with Gasteiger partial charge in [-0.3, -0.25) is 14.4 Å². The Morgan fingerprint density at radius 2 is 1.70 bits per heavy atom. The summed E-state index contributed by atoms with van der Waals surface area (Å²) >= 11 is 0. The molecule has 1 N–H and O–H groups in total. The fourth-order valence-electron chi connectivity index (χ4n) is 9.48. The molecule has 3 fully saturated rings. The highest BCUT2D eigenvalue weighted by Gasteiger charge is 2.67. The van der Waals surface area contributed by atoms with Crippen molar-refractivity contribution in [1.29, 1.82) is 0 Å². The van der Waals surface area contributed by atoms with Gasteiger partial charge in [-0.05, 0) is 73.7 Å². The Morgan fingerprint density at radius 3 is 2.33 bits per heavy atom. The van der Waals surface area contributed by atoms with Crippen LogP contribution in [0.3, 0.4) is 0 Å². The summed E-state index contributed by atoms with van der Waals surface area (Å²) in [6, 6.07) is 0. The minimum atomic E-state index is -0.467. The maximum Gasteiger partial charge on any atom is 0.303 e. The van der Waals surface area contributed by atoms with Crippen molar-refractivity contribution in [2.24, 2.45) is 46.3 Å². The lowest BCUT2D eigenvalue weighted by atomic mass is 9.45. The van der Waals surface area contributed by atoms with E-state index >= 15 is 0 Å². The molecule has 40 heavy (non-hydrogen) atoms. The van der Waals surface area contributed by atoms with Crippen LogP contribution in [-0.2, 0) is 28.6 Å². The summed E-state index contributed by atoms with van der Waals surface area (Å²) in [5, 5.41) is 10.5. The second-order valence-corrected chi connectivity index (χ2v) is 14.1. The maximum atomic E-state index is 12.5. The Labute approximate surface area is 240 Å². The number of hydrogen-bond donors (Lipinski definition) is 1. The van der Waals surface area contributed by atoms with E-state index in [1.54, 1.807) is 0 Å². The van der Waals surface area contributed by atoms with E-state index in [1.807, 2.05) is 0 Å². The van der Waals surface area contributed by atoms with Gasteiger partial charge in [0, 0.05) is 38.0 Å². The van der Waals surface area contributed by atoms with E-state index in [-0.39, 0.29) is 64.6 Å². The molecule has 4 rings (SSSR count). The third-order valence-corrected chi connectivity index (χ3v) is 11.1. The minimum Gasteiger partial charge on any atom is -0.465 e. The molecule has 0 bridgehead atoms. The smallest absolute Gasteiger partial charge is 0.303 e. The fraction of sp³-hybridized carbons (Fsp3) is 0.848. The Kier molecular flexibility index (Phi) is 9.43. The van der Waals surface area contributed by atoms with E-state index in [2.05, 4.69) is 33.8 Å². The first-order chi connectivity index (χ1) is 18.8. The van der Waals surface area contributed by atoms with E-state index in [0.29, 0.717) is 24.9 Å². The van der Waals surface area contributed by atoms with Gasteiger partial charge in [-0.1, -0.05) is 52.5 Å². The van der Waals surface area contributed by atoms with Crippen LogP contribution in [0, 0.1) is 46.3 Å². The molecule has 0 amide bonds. The Morgan fingerprint density at radius 1 is 1.00 bits per heavy atom. The molecule has 0 aliphatic heterocycles. The van der Waals surface area contributed by atoms with Crippen LogP contribution in [0.5, 0.6) is 0 Å². The molecule has 10 atom stereocenters. The number of ether oxygens (including phenoxy) is 3. The number of carbonyl (C=O) groups excluding carboxylic acids is 3. The summed E-state index contributed by atoms with van der Waals surface area (Å²) in [6.45, 7) is 13.8. The van der Waals surface area contributed by atoms with E-state index in [1.165, 1.54) is 32.8 Å². The van der Waals surface area contributed by atoms with Crippen molar-refractivity contribution in [2.75, 3.05) is 6.61 Å². The Balaban J connectivity index is 1.81. The van der Waals surface area contributed by atoms with E-state index in [4.69, 9.17) is 14.2 Å². The van der Waals surface area contributed by atoms with Crippen LogP contribution in [0.2, 0.25) is 0 Å². The summed E-state index contributed by atoms with van der Waals surface area (Å²) in [5.41, 5.74) is 0.709. The number of esters is 3. The molecule has 0 aromatic carbocycles. The predicted molar refractivity (Wildman–Crippen MR) is 152 cm³/mol. The average molecular weight is 561 g/mol. The van der Waals surface area contributed by atoms with Gasteiger partial charge in [-0.25, -0.2) is 0 Å². The van der Waals surface area contributed by atoms with Crippen LogP contribution in [0.1, 0.15) is 106 Å². The number of rotatable bonds is 9. The molecule has 7 nitrogen and oxygen atoms in total. The Hall–Kier alpha value is -1.89. The first-order valence-electron chi connectivity index (χ1n) is 15.7. The second kappa shape index (κ2) is 12.1. The Bertz CT molecular complexity index is 987. The van der Waals surface area contributed by atoms with Gasteiger partial charge in [0.05, 0.1) is 12.7 Å². The van der Waals surface area contributed by atoms with Gasteiger partial charge in [0.1, 0.15) is 12.2 Å². The first kappa shape index (κ1) is 31.1. The van der Waals surface area contributed by atoms with Crippen LogP contribution in [0.4, 0.5) is 0 Å². The summed E-state index contributed by atoms with van der Waals surface area (Å²) < 4.78 is 18.1. The molecule has 3 saturated carbocycles. The van der Waals surface area contributed by atoms with Crippen molar-refractivity contribution in [3.63, 3.8) is 0 Å². The zero-order chi connectivity index (χ0) is 29.4. The van der Waals surface area contributed by atoms with Gasteiger partial charge in [-0.15, -0.1) is 0 Å².